The molecule has 4 N–H and O–H groups in total. The second-order valence-electron chi connectivity index (χ2n) is 7.26. The number of anilines is 1. The Morgan fingerprint density at radius 2 is 2.32 bits per heavy atom. The molecule has 15 heteroatoms. The first-order valence-electron chi connectivity index (χ1n) is 9.94. The van der Waals surface area contributed by atoms with Crippen molar-refractivity contribution in [3.63, 3.8) is 0 Å². The number of carbonyl (C=O) groups is 3. The topological polar surface area (TPSA) is 169 Å². The van der Waals surface area contributed by atoms with Gasteiger partial charge in [0.2, 0.25) is 11.5 Å². The van der Waals surface area contributed by atoms with Crippen molar-refractivity contribution in [2.24, 2.45) is 12.2 Å². The van der Waals surface area contributed by atoms with Crippen LogP contribution in [0.25, 0.3) is 0 Å². The maximum atomic E-state index is 12.9. The van der Waals surface area contributed by atoms with Crippen LogP contribution in [0.15, 0.2) is 47.5 Å². The Kier molecular flexibility index (Phi) is 6.65. The molecule has 0 aromatic carbocycles. The average molecular weight is 506 g/mol. The Morgan fingerprint density at radius 3 is 2.94 bits per heavy atom. The number of β-lactam (4-membered cyclic amide) rings is 1. The fourth-order valence-electron chi connectivity index (χ4n) is 3.50. The number of fused-ring (bicyclic) bond motifs is 1. The molecule has 34 heavy (non-hydrogen) atoms. The van der Waals surface area contributed by atoms with Crippen LogP contribution >= 0.6 is 23.3 Å². The van der Waals surface area contributed by atoms with Gasteiger partial charge in [0.1, 0.15) is 30.3 Å². The highest BCUT2D eigenvalue weighted by Gasteiger charge is 2.54. The molecule has 2 atom stereocenters. The number of aryl methyl sites for hydroxylation is 1. The number of aromatic nitrogens is 4. The number of carboxylic acids is 1. The first-order valence-corrected chi connectivity index (χ1v) is 11.8. The number of aliphatic carboxylic acids is 1. The molecule has 1 fully saturated rings. The van der Waals surface area contributed by atoms with Gasteiger partial charge in [0.25, 0.3) is 11.8 Å². The molecule has 2 amide bonds. The number of carboxylic acid groups (broad SMARTS) is 1. The summed E-state index contributed by atoms with van der Waals surface area (Å²) >= 11 is 2.25. The zero-order valence-electron chi connectivity index (χ0n) is 17.9. The number of amides is 2. The largest absolute Gasteiger partial charge is 0.477 e. The lowest BCUT2D eigenvalue weighted by atomic mass is 10.0. The highest BCUT2D eigenvalue weighted by atomic mass is 32.2. The van der Waals surface area contributed by atoms with Crippen LogP contribution in [0.2, 0.25) is 0 Å². The minimum absolute atomic E-state index is 0.0414. The number of oxime groups is 1. The van der Waals surface area contributed by atoms with Gasteiger partial charge in [0, 0.05) is 23.4 Å². The number of hydrogen-bond donors (Lipinski definition) is 3. The molecule has 13 nitrogen and oxygen atoms in total. The molecule has 178 valence electrons. The number of nitrogen functional groups attached to an aromatic ring is 1. The SMILES string of the molecule is C=CCON=C(C(=O)NC1C(=O)N2C(C(=O)O)=C(Cn3ccc[n+]3C)CS[C@H]12)c1nsc(N)n1. The number of nitrogens with zero attached hydrogens (tertiary/aromatic N) is 6. The molecule has 0 aliphatic carbocycles. The molecule has 1 unspecified atom stereocenters. The van der Waals surface area contributed by atoms with E-state index >= 15 is 0 Å². The third kappa shape index (κ3) is 4.38. The van der Waals surface area contributed by atoms with Gasteiger partial charge in [-0.1, -0.05) is 17.8 Å². The van der Waals surface area contributed by atoms with E-state index in [0.29, 0.717) is 17.9 Å². The van der Waals surface area contributed by atoms with Gasteiger partial charge in [-0.15, -0.1) is 16.4 Å². The van der Waals surface area contributed by atoms with E-state index in [2.05, 4.69) is 26.4 Å². The minimum Gasteiger partial charge on any atom is -0.477 e. The van der Waals surface area contributed by atoms with E-state index in [4.69, 9.17) is 10.6 Å². The first-order chi connectivity index (χ1) is 16.3. The van der Waals surface area contributed by atoms with E-state index < -0.39 is 29.2 Å². The quantitative estimate of drug-likeness (QED) is 0.0975. The summed E-state index contributed by atoms with van der Waals surface area (Å²) < 4.78 is 7.63. The molecule has 0 radical (unpaired) electrons. The van der Waals surface area contributed by atoms with Crippen LogP contribution in [0.4, 0.5) is 5.13 Å². The Morgan fingerprint density at radius 1 is 1.53 bits per heavy atom. The summed E-state index contributed by atoms with van der Waals surface area (Å²) in [6.07, 6.45) is 5.10. The van der Waals surface area contributed by atoms with E-state index in [1.807, 2.05) is 34.9 Å². The molecule has 2 aromatic heterocycles. The number of hydrogen-bond acceptors (Lipinski definition) is 10. The Balaban J connectivity index is 1.53. The monoisotopic (exact) mass is 505 g/mol. The summed E-state index contributed by atoms with van der Waals surface area (Å²) in [5.74, 6) is -2.14. The molecular formula is C19H21N8O5S2+. The molecule has 2 aliphatic heterocycles. The summed E-state index contributed by atoms with van der Waals surface area (Å²) in [6, 6.07) is 0.889. The van der Waals surface area contributed by atoms with Crippen molar-refractivity contribution in [3.05, 3.63) is 48.2 Å². The molecular weight excluding hydrogens is 484 g/mol. The molecule has 0 spiro atoms. The van der Waals surface area contributed by atoms with Gasteiger partial charge >= 0.3 is 5.97 Å². The van der Waals surface area contributed by atoms with Gasteiger partial charge in [0.15, 0.2) is 18.4 Å². The smallest absolute Gasteiger partial charge is 0.352 e. The molecule has 4 heterocycles. The zero-order chi connectivity index (χ0) is 24.4. The lowest BCUT2D eigenvalue weighted by Gasteiger charge is -2.49. The van der Waals surface area contributed by atoms with E-state index in [9.17, 15) is 19.5 Å². The van der Waals surface area contributed by atoms with Crippen LogP contribution in [-0.2, 0) is 32.8 Å². The lowest BCUT2D eigenvalue weighted by molar-refractivity contribution is -0.752. The fourth-order valence-corrected chi connectivity index (χ4v) is 5.27. The van der Waals surface area contributed by atoms with Gasteiger partial charge in [-0.05, 0) is 5.57 Å². The number of nitrogens with two attached hydrogens (primary N) is 1. The van der Waals surface area contributed by atoms with Crippen LogP contribution in [0.3, 0.4) is 0 Å². The normalized spacial score (nSPS) is 20.0. The third-order valence-electron chi connectivity index (χ3n) is 5.07. The number of carbonyl (C=O) groups excluding carboxylic acids is 2. The Bertz CT molecular complexity index is 1220. The van der Waals surface area contributed by atoms with Crippen LogP contribution in [0.5, 0.6) is 0 Å². The van der Waals surface area contributed by atoms with Gasteiger partial charge < -0.3 is 21.0 Å². The van der Waals surface area contributed by atoms with Crippen molar-refractivity contribution in [2.45, 2.75) is 18.0 Å². The predicted molar refractivity (Wildman–Crippen MR) is 122 cm³/mol. The summed E-state index contributed by atoms with van der Waals surface area (Å²) in [5, 5.41) is 15.8. The molecule has 2 aromatic rings. The molecule has 0 bridgehead atoms. The molecule has 0 saturated carbocycles. The average Bonchev–Trinajstić information content (AvgIpc) is 3.42. The predicted octanol–water partition coefficient (Wildman–Crippen LogP) is -0.908. The Hall–Kier alpha value is -3.72. The summed E-state index contributed by atoms with van der Waals surface area (Å²) in [4.78, 5) is 48.1. The number of rotatable bonds is 9. The van der Waals surface area contributed by atoms with E-state index in [1.165, 1.54) is 22.7 Å². The van der Waals surface area contributed by atoms with Gasteiger partial charge in [-0.3, -0.25) is 14.5 Å². The van der Waals surface area contributed by atoms with Gasteiger partial charge in [0.05, 0.1) is 6.20 Å². The number of thioether (sulfide) groups is 1. The summed E-state index contributed by atoms with van der Waals surface area (Å²) in [5.41, 5.74) is 5.89. The van der Waals surface area contributed by atoms with Crippen molar-refractivity contribution in [1.82, 2.24) is 24.3 Å². The molecule has 2 aliphatic rings. The van der Waals surface area contributed by atoms with E-state index in [1.54, 1.807) is 0 Å². The number of nitrogens with one attached hydrogen (secondary N) is 1. The van der Waals surface area contributed by atoms with Crippen molar-refractivity contribution in [2.75, 3.05) is 18.1 Å². The highest BCUT2D eigenvalue weighted by Crippen LogP contribution is 2.40. The Labute approximate surface area is 201 Å². The van der Waals surface area contributed by atoms with Crippen LogP contribution in [-0.4, -0.2) is 71.3 Å². The zero-order valence-corrected chi connectivity index (χ0v) is 19.6. The lowest BCUT2D eigenvalue weighted by Crippen LogP contribution is -2.71. The molecule has 1 saturated heterocycles. The second-order valence-corrected chi connectivity index (χ2v) is 9.15. The first kappa shape index (κ1) is 23.4. The molecule has 4 rings (SSSR count). The van der Waals surface area contributed by atoms with E-state index in [0.717, 1.165) is 11.5 Å². The highest BCUT2D eigenvalue weighted by molar-refractivity contribution is 8.00. The van der Waals surface area contributed by atoms with Gasteiger partial charge in [-0.25, -0.2) is 4.79 Å². The van der Waals surface area contributed by atoms with Crippen molar-refractivity contribution in [1.29, 1.82) is 0 Å². The van der Waals surface area contributed by atoms with Crippen molar-refractivity contribution < 1.29 is 29.0 Å². The third-order valence-corrected chi connectivity index (χ3v) is 6.95. The second kappa shape index (κ2) is 9.64. The van der Waals surface area contributed by atoms with E-state index in [-0.39, 0.29) is 29.0 Å². The minimum atomic E-state index is -1.20. The van der Waals surface area contributed by atoms with Crippen LogP contribution < -0.4 is 15.7 Å². The standard InChI is InChI=1S/C19H20N8O5S2/c1-3-7-32-23-11(14-22-19(20)34-24-14)15(28)21-12-16(29)27-13(18(30)31)10(9-33-17(12)27)8-26-6-4-5-25(26)2/h3-6,12,17H,1,7-9H2,2H3,(H3-,20,21,22,24,28,30,31)/p+1/t12?,17-/m1/s1. The fraction of sp³-hybridized carbons (Fsp3) is 0.316. The van der Waals surface area contributed by atoms with Crippen molar-refractivity contribution >= 4 is 51.9 Å². The summed E-state index contributed by atoms with van der Waals surface area (Å²) in [7, 11) is 1.84. The van der Waals surface area contributed by atoms with Gasteiger partial charge in [-0.2, -0.15) is 14.0 Å². The summed E-state index contributed by atoms with van der Waals surface area (Å²) in [6.45, 7) is 3.87. The van der Waals surface area contributed by atoms with Crippen LogP contribution in [0, 0.1) is 0 Å². The maximum Gasteiger partial charge on any atom is 0.352 e. The maximum absolute atomic E-state index is 12.9. The van der Waals surface area contributed by atoms with Crippen LogP contribution in [0.1, 0.15) is 5.82 Å². The van der Waals surface area contributed by atoms with Crippen molar-refractivity contribution in [3.8, 4) is 0 Å².